The summed E-state index contributed by atoms with van der Waals surface area (Å²) in [6, 6.07) is 8.25. The predicted molar refractivity (Wildman–Crippen MR) is 84.1 cm³/mol. The molecule has 0 aliphatic heterocycles. The number of nitrogens with two attached hydrogens (primary N) is 1. The SMILES string of the molecule is CCc1ccc(NC(N)=NCCCOCC2CC2)cc1. The van der Waals surface area contributed by atoms with E-state index < -0.39 is 0 Å². The molecule has 0 atom stereocenters. The highest BCUT2D eigenvalue weighted by Crippen LogP contribution is 2.28. The molecule has 1 aliphatic carbocycles. The van der Waals surface area contributed by atoms with Crippen LogP contribution in [-0.2, 0) is 11.2 Å². The number of guanidine groups is 1. The number of hydrogen-bond donors (Lipinski definition) is 2. The van der Waals surface area contributed by atoms with E-state index in [1.165, 1.54) is 18.4 Å². The largest absolute Gasteiger partial charge is 0.381 e. The Bertz CT molecular complexity index is 424. The number of rotatable bonds is 8. The zero-order valence-electron chi connectivity index (χ0n) is 12.3. The van der Waals surface area contributed by atoms with E-state index in [4.69, 9.17) is 10.5 Å². The van der Waals surface area contributed by atoms with E-state index in [9.17, 15) is 0 Å². The highest BCUT2D eigenvalue weighted by atomic mass is 16.5. The van der Waals surface area contributed by atoms with Crippen LogP contribution in [-0.4, -0.2) is 25.7 Å². The molecule has 4 heteroatoms. The molecule has 0 radical (unpaired) electrons. The highest BCUT2D eigenvalue weighted by molar-refractivity contribution is 5.92. The van der Waals surface area contributed by atoms with Crippen molar-refractivity contribution in [1.82, 2.24) is 0 Å². The van der Waals surface area contributed by atoms with Crippen LogP contribution in [0.5, 0.6) is 0 Å². The lowest BCUT2D eigenvalue weighted by molar-refractivity contribution is 0.123. The first-order valence-electron chi connectivity index (χ1n) is 7.51. The van der Waals surface area contributed by atoms with Crippen molar-refractivity contribution >= 4 is 11.6 Å². The molecular weight excluding hydrogens is 250 g/mol. The molecule has 2 rings (SSSR count). The average molecular weight is 275 g/mol. The van der Waals surface area contributed by atoms with Crippen molar-refractivity contribution in [2.75, 3.05) is 25.1 Å². The average Bonchev–Trinajstić information content (AvgIpc) is 3.27. The van der Waals surface area contributed by atoms with Gasteiger partial charge >= 0.3 is 0 Å². The molecule has 3 N–H and O–H groups in total. The molecule has 1 aromatic rings. The Hall–Kier alpha value is -1.55. The minimum atomic E-state index is 0.469. The first kappa shape index (κ1) is 14.9. The van der Waals surface area contributed by atoms with Crippen LogP contribution in [0.15, 0.2) is 29.3 Å². The third-order valence-electron chi connectivity index (χ3n) is 3.41. The van der Waals surface area contributed by atoms with Crippen LogP contribution in [0.1, 0.15) is 31.7 Å². The number of ether oxygens (including phenoxy) is 1. The molecule has 0 bridgehead atoms. The maximum absolute atomic E-state index is 5.85. The van der Waals surface area contributed by atoms with Crippen molar-refractivity contribution in [2.24, 2.45) is 16.6 Å². The van der Waals surface area contributed by atoms with Gasteiger partial charge in [0.2, 0.25) is 0 Å². The number of benzene rings is 1. The van der Waals surface area contributed by atoms with E-state index in [0.717, 1.165) is 37.7 Å². The number of nitrogens with one attached hydrogen (secondary N) is 1. The number of hydrogen-bond acceptors (Lipinski definition) is 2. The molecule has 1 aromatic carbocycles. The van der Waals surface area contributed by atoms with Gasteiger partial charge in [-0.05, 0) is 49.3 Å². The molecule has 0 saturated heterocycles. The van der Waals surface area contributed by atoms with Crippen LogP contribution in [0.4, 0.5) is 5.69 Å². The van der Waals surface area contributed by atoms with Crippen molar-refractivity contribution in [3.05, 3.63) is 29.8 Å². The second kappa shape index (κ2) is 7.90. The molecule has 1 saturated carbocycles. The third-order valence-corrected chi connectivity index (χ3v) is 3.41. The van der Waals surface area contributed by atoms with Gasteiger partial charge in [0.1, 0.15) is 0 Å². The Kier molecular flexibility index (Phi) is 5.87. The predicted octanol–water partition coefficient (Wildman–Crippen LogP) is 2.79. The molecule has 1 fully saturated rings. The van der Waals surface area contributed by atoms with Crippen molar-refractivity contribution in [1.29, 1.82) is 0 Å². The van der Waals surface area contributed by atoms with Gasteiger partial charge in [-0.2, -0.15) is 0 Å². The summed E-state index contributed by atoms with van der Waals surface area (Å²) in [4.78, 5) is 4.30. The first-order chi connectivity index (χ1) is 9.78. The zero-order valence-corrected chi connectivity index (χ0v) is 12.3. The lowest BCUT2D eigenvalue weighted by Gasteiger charge is -2.06. The Morgan fingerprint density at radius 1 is 1.35 bits per heavy atom. The van der Waals surface area contributed by atoms with Gasteiger partial charge in [0.05, 0.1) is 0 Å². The molecule has 0 unspecified atom stereocenters. The summed E-state index contributed by atoms with van der Waals surface area (Å²) in [6.45, 7) is 4.54. The van der Waals surface area contributed by atoms with Gasteiger partial charge in [-0.25, -0.2) is 0 Å². The number of nitrogens with zero attached hydrogens (tertiary/aromatic N) is 1. The normalized spacial score (nSPS) is 15.3. The Balaban J connectivity index is 1.61. The summed E-state index contributed by atoms with van der Waals surface area (Å²) in [5, 5.41) is 3.10. The smallest absolute Gasteiger partial charge is 0.193 e. The second-order valence-electron chi connectivity index (χ2n) is 5.31. The van der Waals surface area contributed by atoms with Crippen LogP contribution >= 0.6 is 0 Å². The molecule has 110 valence electrons. The number of aryl methyl sites for hydroxylation is 1. The third kappa shape index (κ3) is 5.61. The number of aliphatic imine (C=N–C) groups is 1. The Labute approximate surface area is 121 Å². The lowest BCUT2D eigenvalue weighted by Crippen LogP contribution is -2.23. The minimum absolute atomic E-state index is 0.469. The molecular formula is C16H25N3O. The standard InChI is InChI=1S/C16H25N3O/c1-2-13-6-8-15(9-7-13)19-16(17)18-10-3-11-20-12-14-4-5-14/h6-9,14H,2-5,10-12H2,1H3,(H3,17,18,19). The first-order valence-corrected chi connectivity index (χ1v) is 7.51. The lowest BCUT2D eigenvalue weighted by atomic mass is 10.1. The fourth-order valence-corrected chi connectivity index (χ4v) is 1.91. The van der Waals surface area contributed by atoms with E-state index in [-0.39, 0.29) is 0 Å². The topological polar surface area (TPSA) is 59.6 Å². The van der Waals surface area contributed by atoms with E-state index in [0.29, 0.717) is 12.5 Å². The highest BCUT2D eigenvalue weighted by Gasteiger charge is 2.20. The van der Waals surface area contributed by atoms with Crippen molar-refractivity contribution in [3.63, 3.8) is 0 Å². The molecule has 0 spiro atoms. The molecule has 0 amide bonds. The van der Waals surface area contributed by atoms with Crippen molar-refractivity contribution in [2.45, 2.75) is 32.6 Å². The molecule has 0 heterocycles. The maximum atomic E-state index is 5.85. The van der Waals surface area contributed by atoms with Gasteiger partial charge in [-0.1, -0.05) is 19.1 Å². The Morgan fingerprint density at radius 3 is 2.75 bits per heavy atom. The van der Waals surface area contributed by atoms with Crippen molar-refractivity contribution < 1.29 is 4.74 Å². The molecule has 20 heavy (non-hydrogen) atoms. The molecule has 0 aromatic heterocycles. The van der Waals surface area contributed by atoms with Gasteiger partial charge < -0.3 is 15.8 Å². The van der Waals surface area contributed by atoms with Crippen LogP contribution in [0, 0.1) is 5.92 Å². The van der Waals surface area contributed by atoms with Crippen LogP contribution in [0.3, 0.4) is 0 Å². The van der Waals surface area contributed by atoms with Crippen LogP contribution in [0.25, 0.3) is 0 Å². The van der Waals surface area contributed by atoms with Crippen LogP contribution < -0.4 is 11.1 Å². The summed E-state index contributed by atoms with van der Waals surface area (Å²) < 4.78 is 5.55. The number of anilines is 1. The van der Waals surface area contributed by atoms with E-state index >= 15 is 0 Å². The van der Waals surface area contributed by atoms with E-state index in [1.807, 2.05) is 12.1 Å². The van der Waals surface area contributed by atoms with Gasteiger partial charge in [0.25, 0.3) is 0 Å². The maximum Gasteiger partial charge on any atom is 0.193 e. The van der Waals surface area contributed by atoms with Gasteiger partial charge in [0.15, 0.2) is 5.96 Å². The quantitative estimate of drug-likeness (QED) is 0.436. The van der Waals surface area contributed by atoms with Crippen molar-refractivity contribution in [3.8, 4) is 0 Å². The summed E-state index contributed by atoms with van der Waals surface area (Å²) in [5.41, 5.74) is 8.15. The minimum Gasteiger partial charge on any atom is -0.381 e. The zero-order chi connectivity index (χ0) is 14.2. The van der Waals surface area contributed by atoms with Gasteiger partial charge in [-0.3, -0.25) is 4.99 Å². The van der Waals surface area contributed by atoms with Gasteiger partial charge in [0, 0.05) is 25.4 Å². The summed E-state index contributed by atoms with van der Waals surface area (Å²) in [6.07, 6.45) is 4.65. The molecule has 4 nitrogen and oxygen atoms in total. The molecule has 1 aliphatic rings. The Morgan fingerprint density at radius 2 is 2.10 bits per heavy atom. The van der Waals surface area contributed by atoms with Gasteiger partial charge in [-0.15, -0.1) is 0 Å². The monoisotopic (exact) mass is 275 g/mol. The van der Waals surface area contributed by atoms with E-state index in [2.05, 4.69) is 29.4 Å². The summed E-state index contributed by atoms with van der Waals surface area (Å²) >= 11 is 0. The van der Waals surface area contributed by atoms with Crippen LogP contribution in [0.2, 0.25) is 0 Å². The summed E-state index contributed by atoms with van der Waals surface area (Å²) in [7, 11) is 0. The summed E-state index contributed by atoms with van der Waals surface area (Å²) in [5.74, 6) is 1.30. The second-order valence-corrected chi connectivity index (χ2v) is 5.31. The van der Waals surface area contributed by atoms with E-state index in [1.54, 1.807) is 0 Å². The fourth-order valence-electron chi connectivity index (χ4n) is 1.91. The fraction of sp³-hybridized carbons (Fsp3) is 0.562.